The molecule has 0 unspecified atom stereocenters. The van der Waals surface area contributed by atoms with Gasteiger partial charge in [-0.25, -0.2) is 4.68 Å². The summed E-state index contributed by atoms with van der Waals surface area (Å²) in [7, 11) is 0. The lowest BCUT2D eigenvalue weighted by Gasteiger charge is -2.07. The van der Waals surface area contributed by atoms with Crippen molar-refractivity contribution in [1.82, 2.24) is 9.78 Å². The molecule has 0 atom stereocenters. The fourth-order valence-corrected chi connectivity index (χ4v) is 1.63. The molecule has 2 heterocycles. The molecule has 5 heteroatoms. The number of hydrogen-bond donors (Lipinski definition) is 1. The van der Waals surface area contributed by atoms with Gasteiger partial charge in [-0.15, -0.1) is 12.4 Å². The maximum atomic E-state index is 5.49. The first-order valence-corrected chi connectivity index (χ1v) is 5.60. The molecule has 0 saturated heterocycles. The van der Waals surface area contributed by atoms with Crippen molar-refractivity contribution in [2.75, 3.05) is 5.32 Å². The molecule has 1 N–H and O–H groups in total. The molecular formula is C12H18ClN3O. The summed E-state index contributed by atoms with van der Waals surface area (Å²) in [5.41, 5.74) is 0. The monoisotopic (exact) mass is 255 g/mol. The molecule has 17 heavy (non-hydrogen) atoms. The molecule has 2 aromatic rings. The van der Waals surface area contributed by atoms with Crippen molar-refractivity contribution < 1.29 is 4.42 Å². The number of aryl methyl sites for hydroxylation is 2. The number of rotatable bonds is 5. The van der Waals surface area contributed by atoms with Crippen LogP contribution in [0, 0.1) is 6.92 Å². The Balaban J connectivity index is 0.00000144. The summed E-state index contributed by atoms with van der Waals surface area (Å²) in [5, 5.41) is 7.56. The van der Waals surface area contributed by atoms with Crippen LogP contribution in [0.15, 0.2) is 28.8 Å². The van der Waals surface area contributed by atoms with Crippen molar-refractivity contribution >= 4 is 18.2 Å². The highest BCUT2D eigenvalue weighted by atomic mass is 35.5. The Hall–Kier alpha value is -1.42. The molecule has 2 aromatic heterocycles. The molecule has 0 saturated carbocycles. The maximum Gasteiger partial charge on any atom is 0.124 e. The van der Waals surface area contributed by atoms with E-state index in [9.17, 15) is 0 Å². The zero-order chi connectivity index (χ0) is 11.4. The van der Waals surface area contributed by atoms with Crippen LogP contribution in [0.3, 0.4) is 0 Å². The van der Waals surface area contributed by atoms with Crippen LogP contribution in [-0.4, -0.2) is 9.78 Å². The van der Waals surface area contributed by atoms with Gasteiger partial charge in [0.2, 0.25) is 0 Å². The molecule has 0 aliphatic carbocycles. The van der Waals surface area contributed by atoms with Gasteiger partial charge in [0.25, 0.3) is 0 Å². The Labute approximate surface area is 107 Å². The number of halogens is 1. The van der Waals surface area contributed by atoms with E-state index >= 15 is 0 Å². The van der Waals surface area contributed by atoms with Crippen molar-refractivity contribution in [3.8, 4) is 0 Å². The van der Waals surface area contributed by atoms with E-state index in [1.54, 1.807) is 0 Å². The summed E-state index contributed by atoms with van der Waals surface area (Å²) in [6.45, 7) is 5.72. The zero-order valence-electron chi connectivity index (χ0n) is 10.1. The van der Waals surface area contributed by atoms with Gasteiger partial charge < -0.3 is 9.73 Å². The van der Waals surface area contributed by atoms with Crippen LogP contribution in [0.2, 0.25) is 0 Å². The van der Waals surface area contributed by atoms with Gasteiger partial charge in [-0.05, 0) is 25.5 Å². The highest BCUT2D eigenvalue weighted by Gasteiger charge is 2.02. The first kappa shape index (κ1) is 13.6. The van der Waals surface area contributed by atoms with Crippen LogP contribution < -0.4 is 5.32 Å². The molecule has 94 valence electrons. The van der Waals surface area contributed by atoms with Crippen LogP contribution in [0.25, 0.3) is 0 Å². The number of nitrogens with zero attached hydrogens (tertiary/aromatic N) is 2. The standard InChI is InChI=1S/C12H17N3O.ClH/c1-3-8-15-12(6-7-14-15)13-9-11-5-4-10(2)16-11;/h4-7,13H,3,8-9H2,1-2H3;1H. The first-order chi connectivity index (χ1) is 7.79. The molecule has 0 amide bonds. The molecule has 0 aliphatic rings. The molecule has 0 aromatic carbocycles. The van der Waals surface area contributed by atoms with Gasteiger partial charge in [0.1, 0.15) is 17.3 Å². The highest BCUT2D eigenvalue weighted by Crippen LogP contribution is 2.11. The molecule has 2 rings (SSSR count). The van der Waals surface area contributed by atoms with Crippen LogP contribution >= 0.6 is 12.4 Å². The lowest BCUT2D eigenvalue weighted by Crippen LogP contribution is -2.07. The summed E-state index contributed by atoms with van der Waals surface area (Å²) in [4.78, 5) is 0. The van der Waals surface area contributed by atoms with E-state index in [4.69, 9.17) is 4.42 Å². The minimum atomic E-state index is 0. The average molecular weight is 256 g/mol. The molecule has 0 aliphatic heterocycles. The summed E-state index contributed by atoms with van der Waals surface area (Å²) in [6.07, 6.45) is 2.89. The fourth-order valence-electron chi connectivity index (χ4n) is 1.63. The van der Waals surface area contributed by atoms with Gasteiger partial charge in [0.15, 0.2) is 0 Å². The molecular weight excluding hydrogens is 238 g/mol. The Morgan fingerprint density at radius 3 is 2.82 bits per heavy atom. The predicted molar refractivity (Wildman–Crippen MR) is 70.5 cm³/mol. The van der Waals surface area contributed by atoms with E-state index in [1.165, 1.54) is 0 Å². The largest absolute Gasteiger partial charge is 0.465 e. The second-order valence-electron chi connectivity index (χ2n) is 3.81. The van der Waals surface area contributed by atoms with Gasteiger partial charge in [0, 0.05) is 12.6 Å². The van der Waals surface area contributed by atoms with Crippen molar-refractivity contribution in [3.05, 3.63) is 35.9 Å². The van der Waals surface area contributed by atoms with Crippen LogP contribution in [0.4, 0.5) is 5.82 Å². The van der Waals surface area contributed by atoms with E-state index < -0.39 is 0 Å². The Kier molecular flexibility index (Phi) is 5.10. The van der Waals surface area contributed by atoms with E-state index in [0.717, 1.165) is 30.3 Å². The number of anilines is 1. The molecule has 0 radical (unpaired) electrons. The predicted octanol–water partition coefficient (Wildman–Crippen LogP) is 3.23. The fraction of sp³-hybridized carbons (Fsp3) is 0.417. The summed E-state index contributed by atoms with van der Waals surface area (Å²) < 4.78 is 7.46. The van der Waals surface area contributed by atoms with Crippen LogP contribution in [0.1, 0.15) is 24.9 Å². The van der Waals surface area contributed by atoms with Crippen molar-refractivity contribution in [3.63, 3.8) is 0 Å². The first-order valence-electron chi connectivity index (χ1n) is 5.60. The van der Waals surface area contributed by atoms with Gasteiger partial charge in [-0.2, -0.15) is 5.10 Å². The van der Waals surface area contributed by atoms with Gasteiger partial charge in [0.05, 0.1) is 12.7 Å². The lowest BCUT2D eigenvalue weighted by molar-refractivity contribution is 0.489. The van der Waals surface area contributed by atoms with E-state index in [1.807, 2.05) is 36.0 Å². The zero-order valence-corrected chi connectivity index (χ0v) is 11.0. The Morgan fingerprint density at radius 2 is 2.18 bits per heavy atom. The molecule has 0 spiro atoms. The van der Waals surface area contributed by atoms with Gasteiger partial charge >= 0.3 is 0 Å². The number of nitrogens with one attached hydrogen (secondary N) is 1. The second kappa shape index (κ2) is 6.35. The number of furan rings is 1. The maximum absolute atomic E-state index is 5.49. The quantitative estimate of drug-likeness (QED) is 0.892. The summed E-state index contributed by atoms with van der Waals surface area (Å²) in [5.74, 6) is 2.93. The van der Waals surface area contributed by atoms with E-state index in [-0.39, 0.29) is 12.4 Å². The lowest BCUT2D eigenvalue weighted by atomic mass is 10.4. The van der Waals surface area contributed by atoms with Gasteiger partial charge in [-0.3, -0.25) is 0 Å². The van der Waals surface area contributed by atoms with Crippen molar-refractivity contribution in [2.45, 2.75) is 33.4 Å². The van der Waals surface area contributed by atoms with Gasteiger partial charge in [-0.1, -0.05) is 6.92 Å². The van der Waals surface area contributed by atoms with Crippen LogP contribution in [0.5, 0.6) is 0 Å². The third kappa shape index (κ3) is 3.53. The minimum absolute atomic E-state index is 0. The SMILES string of the molecule is CCCn1nccc1NCc1ccc(C)o1.Cl. The number of hydrogen-bond acceptors (Lipinski definition) is 3. The van der Waals surface area contributed by atoms with E-state index in [0.29, 0.717) is 6.54 Å². The third-order valence-electron chi connectivity index (χ3n) is 2.39. The molecule has 4 nitrogen and oxygen atoms in total. The Morgan fingerprint density at radius 1 is 1.35 bits per heavy atom. The third-order valence-corrected chi connectivity index (χ3v) is 2.39. The van der Waals surface area contributed by atoms with E-state index in [2.05, 4.69) is 17.3 Å². The smallest absolute Gasteiger partial charge is 0.124 e. The normalized spacial score (nSPS) is 10.0. The Bertz CT molecular complexity index is 450. The minimum Gasteiger partial charge on any atom is -0.465 e. The average Bonchev–Trinajstić information content (AvgIpc) is 2.85. The number of aromatic nitrogens is 2. The van der Waals surface area contributed by atoms with Crippen LogP contribution in [-0.2, 0) is 13.1 Å². The van der Waals surface area contributed by atoms with Crippen molar-refractivity contribution in [2.24, 2.45) is 0 Å². The molecule has 0 bridgehead atoms. The summed E-state index contributed by atoms with van der Waals surface area (Å²) in [6, 6.07) is 5.94. The van der Waals surface area contributed by atoms with Crippen molar-refractivity contribution in [1.29, 1.82) is 0 Å². The summed E-state index contributed by atoms with van der Waals surface area (Å²) >= 11 is 0. The molecule has 0 fully saturated rings. The second-order valence-corrected chi connectivity index (χ2v) is 3.81. The highest BCUT2D eigenvalue weighted by molar-refractivity contribution is 5.85. The topological polar surface area (TPSA) is 43.0 Å².